The van der Waals surface area contributed by atoms with Crippen molar-refractivity contribution in [2.45, 2.75) is 6.92 Å². The zero-order chi connectivity index (χ0) is 12.0. The highest BCUT2D eigenvalue weighted by atomic mass is 35.5. The summed E-state index contributed by atoms with van der Waals surface area (Å²) < 4.78 is 5.48. The topological polar surface area (TPSA) is 30.2 Å². The number of halogens is 1. The third kappa shape index (κ3) is 1.71. The molecule has 0 spiro atoms. The van der Waals surface area contributed by atoms with Crippen LogP contribution in [0.5, 0.6) is 0 Å². The Balaban J connectivity index is 2.36. The van der Waals surface area contributed by atoms with Crippen molar-refractivity contribution < 1.29 is 9.21 Å². The number of carbonyl (C=O) groups is 1. The average molecular weight is 245 g/mol. The lowest BCUT2D eigenvalue weighted by atomic mass is 10.1. The number of ketones is 1. The van der Waals surface area contributed by atoms with Crippen LogP contribution in [0.1, 0.15) is 17.5 Å². The molecule has 0 aliphatic rings. The molecular formula is C14H9ClO2. The Labute approximate surface area is 103 Å². The zero-order valence-electron chi connectivity index (χ0n) is 9.16. The van der Waals surface area contributed by atoms with Crippen LogP contribution in [0.3, 0.4) is 0 Å². The zero-order valence-corrected chi connectivity index (χ0v) is 9.91. The fourth-order valence-electron chi connectivity index (χ4n) is 1.93. The highest BCUT2D eigenvalue weighted by Crippen LogP contribution is 2.27. The van der Waals surface area contributed by atoms with E-state index in [1.54, 1.807) is 6.07 Å². The lowest BCUT2D eigenvalue weighted by Crippen LogP contribution is -1.85. The fourth-order valence-corrected chi connectivity index (χ4v) is 2.11. The van der Waals surface area contributed by atoms with Crippen LogP contribution < -0.4 is 0 Å². The van der Waals surface area contributed by atoms with Crippen molar-refractivity contribution >= 4 is 39.1 Å². The van der Waals surface area contributed by atoms with Crippen LogP contribution in [-0.2, 0) is 0 Å². The molecular weight excluding hydrogens is 236 g/mol. The lowest BCUT2D eigenvalue weighted by Gasteiger charge is -1.98. The van der Waals surface area contributed by atoms with Crippen molar-refractivity contribution in [2.24, 2.45) is 0 Å². The molecule has 0 radical (unpaired) electrons. The average Bonchev–Trinajstić information content (AvgIpc) is 2.68. The number of benzene rings is 2. The molecule has 0 fully saturated rings. The highest BCUT2D eigenvalue weighted by Gasteiger charge is 2.08. The SMILES string of the molecule is CC(=O)c1cc2cc3ccc(Cl)cc3cc2o1. The highest BCUT2D eigenvalue weighted by molar-refractivity contribution is 6.31. The first-order valence-electron chi connectivity index (χ1n) is 5.27. The largest absolute Gasteiger partial charge is 0.453 e. The molecule has 2 aromatic carbocycles. The molecule has 0 amide bonds. The minimum Gasteiger partial charge on any atom is -0.453 e. The molecule has 17 heavy (non-hydrogen) atoms. The Hall–Kier alpha value is -1.80. The number of hydrogen-bond donors (Lipinski definition) is 0. The Morgan fingerprint density at radius 2 is 1.88 bits per heavy atom. The maximum atomic E-state index is 11.2. The second-order valence-corrected chi connectivity index (χ2v) is 4.48. The summed E-state index contributed by atoms with van der Waals surface area (Å²) in [5, 5.41) is 3.72. The van der Waals surface area contributed by atoms with Gasteiger partial charge in [-0.15, -0.1) is 0 Å². The van der Waals surface area contributed by atoms with Crippen molar-refractivity contribution in [3.05, 3.63) is 47.2 Å². The minimum absolute atomic E-state index is 0.0664. The van der Waals surface area contributed by atoms with Crippen molar-refractivity contribution in [3.63, 3.8) is 0 Å². The van der Waals surface area contributed by atoms with E-state index in [1.165, 1.54) is 6.92 Å². The molecule has 2 nitrogen and oxygen atoms in total. The molecule has 0 unspecified atom stereocenters. The van der Waals surface area contributed by atoms with Crippen molar-refractivity contribution in [2.75, 3.05) is 0 Å². The molecule has 3 aromatic rings. The molecule has 1 heterocycles. The second kappa shape index (κ2) is 3.60. The molecule has 0 aliphatic heterocycles. The minimum atomic E-state index is -0.0664. The molecule has 0 aliphatic carbocycles. The van der Waals surface area contributed by atoms with Gasteiger partial charge in [0.1, 0.15) is 5.58 Å². The maximum Gasteiger partial charge on any atom is 0.194 e. The van der Waals surface area contributed by atoms with Gasteiger partial charge in [-0.2, -0.15) is 0 Å². The molecule has 0 saturated carbocycles. The van der Waals surface area contributed by atoms with E-state index in [4.69, 9.17) is 16.0 Å². The maximum absolute atomic E-state index is 11.2. The predicted octanol–water partition coefficient (Wildman–Crippen LogP) is 4.44. The van der Waals surface area contributed by atoms with Crippen LogP contribution in [0.25, 0.3) is 21.7 Å². The molecule has 0 atom stereocenters. The lowest BCUT2D eigenvalue weighted by molar-refractivity contribution is 0.0989. The van der Waals surface area contributed by atoms with Gasteiger partial charge in [0.05, 0.1) is 0 Å². The number of hydrogen-bond acceptors (Lipinski definition) is 2. The number of fused-ring (bicyclic) bond motifs is 2. The van der Waals surface area contributed by atoms with Crippen LogP contribution >= 0.6 is 11.6 Å². The van der Waals surface area contributed by atoms with Gasteiger partial charge in [0.15, 0.2) is 11.5 Å². The second-order valence-electron chi connectivity index (χ2n) is 4.05. The molecule has 0 bridgehead atoms. The van der Waals surface area contributed by atoms with Gasteiger partial charge >= 0.3 is 0 Å². The van der Waals surface area contributed by atoms with Crippen molar-refractivity contribution in [1.29, 1.82) is 0 Å². The summed E-state index contributed by atoms with van der Waals surface area (Å²) in [4.78, 5) is 11.2. The Bertz CT molecular complexity index is 740. The van der Waals surface area contributed by atoms with E-state index in [0.717, 1.165) is 16.2 Å². The Morgan fingerprint density at radius 3 is 2.65 bits per heavy atom. The monoisotopic (exact) mass is 244 g/mol. The number of Topliss-reactive ketones (excluding diaryl/α,β-unsaturated/α-hetero) is 1. The Kier molecular flexibility index (Phi) is 2.20. The van der Waals surface area contributed by atoms with Crippen LogP contribution in [0, 0.1) is 0 Å². The van der Waals surface area contributed by atoms with Gasteiger partial charge in [-0.1, -0.05) is 17.7 Å². The van der Waals surface area contributed by atoms with E-state index < -0.39 is 0 Å². The van der Waals surface area contributed by atoms with Gasteiger partial charge in [-0.05, 0) is 41.1 Å². The molecule has 84 valence electrons. The standard InChI is InChI=1S/C14H9ClO2/c1-8(16)13-7-11-4-9-2-3-12(15)5-10(9)6-14(11)17-13/h2-7H,1H3. The van der Waals surface area contributed by atoms with E-state index >= 15 is 0 Å². The fraction of sp³-hybridized carbons (Fsp3) is 0.0714. The van der Waals surface area contributed by atoms with Gasteiger partial charge in [0.2, 0.25) is 0 Å². The molecule has 0 N–H and O–H groups in total. The summed E-state index contributed by atoms with van der Waals surface area (Å²) in [6.45, 7) is 1.49. The third-order valence-corrected chi connectivity index (χ3v) is 3.02. The van der Waals surface area contributed by atoms with E-state index in [0.29, 0.717) is 16.4 Å². The van der Waals surface area contributed by atoms with Gasteiger partial charge in [-0.3, -0.25) is 4.79 Å². The van der Waals surface area contributed by atoms with Crippen molar-refractivity contribution in [1.82, 2.24) is 0 Å². The van der Waals surface area contributed by atoms with Crippen LogP contribution in [0.4, 0.5) is 0 Å². The van der Waals surface area contributed by atoms with Gasteiger partial charge < -0.3 is 4.42 Å². The van der Waals surface area contributed by atoms with Crippen LogP contribution in [-0.4, -0.2) is 5.78 Å². The first-order valence-corrected chi connectivity index (χ1v) is 5.65. The van der Waals surface area contributed by atoms with Gasteiger partial charge in [0.25, 0.3) is 0 Å². The van der Waals surface area contributed by atoms with E-state index in [1.807, 2.05) is 30.3 Å². The van der Waals surface area contributed by atoms with E-state index in [-0.39, 0.29) is 5.78 Å². The smallest absolute Gasteiger partial charge is 0.194 e. The Morgan fingerprint density at radius 1 is 1.06 bits per heavy atom. The first-order chi connectivity index (χ1) is 8.13. The summed E-state index contributed by atoms with van der Waals surface area (Å²) in [7, 11) is 0. The quantitative estimate of drug-likeness (QED) is 0.593. The van der Waals surface area contributed by atoms with Crippen molar-refractivity contribution in [3.8, 4) is 0 Å². The summed E-state index contributed by atoms with van der Waals surface area (Å²) in [5.41, 5.74) is 0.713. The summed E-state index contributed by atoms with van der Waals surface area (Å²) in [6, 6.07) is 11.4. The third-order valence-electron chi connectivity index (χ3n) is 2.78. The van der Waals surface area contributed by atoms with Crippen LogP contribution in [0.2, 0.25) is 5.02 Å². The summed E-state index contributed by atoms with van der Waals surface area (Å²) in [5.74, 6) is 0.324. The first kappa shape index (κ1) is 10.4. The van der Waals surface area contributed by atoms with Gasteiger partial charge in [0, 0.05) is 17.3 Å². The number of furan rings is 1. The van der Waals surface area contributed by atoms with Gasteiger partial charge in [-0.25, -0.2) is 0 Å². The van der Waals surface area contributed by atoms with E-state index in [9.17, 15) is 4.79 Å². The normalized spacial score (nSPS) is 11.2. The molecule has 3 rings (SSSR count). The number of carbonyl (C=O) groups excluding carboxylic acids is 1. The molecule has 1 aromatic heterocycles. The van der Waals surface area contributed by atoms with Crippen LogP contribution in [0.15, 0.2) is 40.8 Å². The summed E-state index contributed by atoms with van der Waals surface area (Å²) in [6.07, 6.45) is 0. The molecule has 3 heteroatoms. The summed E-state index contributed by atoms with van der Waals surface area (Å²) >= 11 is 5.94. The number of rotatable bonds is 1. The van der Waals surface area contributed by atoms with E-state index in [2.05, 4.69) is 0 Å². The predicted molar refractivity (Wildman–Crippen MR) is 68.7 cm³/mol. The molecule has 0 saturated heterocycles.